The number of amides is 1. The molecule has 0 saturated heterocycles. The van der Waals surface area contributed by atoms with Gasteiger partial charge in [0.15, 0.2) is 17.3 Å². The minimum atomic E-state index is -1.07. The lowest BCUT2D eigenvalue weighted by Crippen LogP contribution is -2.17. The minimum Gasteiger partial charge on any atom is -0.492 e. The fourth-order valence-electron chi connectivity index (χ4n) is 1.66. The predicted molar refractivity (Wildman–Crippen MR) is 68.9 cm³/mol. The third-order valence-electron chi connectivity index (χ3n) is 2.46. The Morgan fingerprint density at radius 2 is 1.95 bits per heavy atom. The van der Waals surface area contributed by atoms with Crippen molar-refractivity contribution in [2.45, 2.75) is 6.92 Å². The molecular weight excluding hydrogens is 265 g/mol. The van der Waals surface area contributed by atoms with Gasteiger partial charge in [0, 0.05) is 18.5 Å². The van der Waals surface area contributed by atoms with Crippen LogP contribution in [0.25, 0.3) is 11.4 Å². The Morgan fingerprint density at radius 1 is 1.30 bits per heavy atom. The SMILES string of the molecule is COc1c(OC(N)=O)cc(F)cc1-c1ncc(C)cn1. The van der Waals surface area contributed by atoms with Crippen LogP contribution in [0.1, 0.15) is 5.56 Å². The Labute approximate surface area is 114 Å². The fraction of sp³-hybridized carbons (Fsp3) is 0.154. The number of nitrogens with zero attached hydrogens (tertiary/aromatic N) is 2. The van der Waals surface area contributed by atoms with Crippen molar-refractivity contribution in [1.29, 1.82) is 0 Å². The number of rotatable bonds is 3. The summed E-state index contributed by atoms with van der Waals surface area (Å²) >= 11 is 0. The van der Waals surface area contributed by atoms with E-state index in [-0.39, 0.29) is 22.9 Å². The Bertz CT molecular complexity index is 644. The highest BCUT2D eigenvalue weighted by Gasteiger charge is 2.18. The van der Waals surface area contributed by atoms with E-state index >= 15 is 0 Å². The van der Waals surface area contributed by atoms with Gasteiger partial charge in [0.25, 0.3) is 0 Å². The lowest BCUT2D eigenvalue weighted by atomic mass is 10.1. The molecule has 1 aromatic heterocycles. The molecule has 0 aliphatic carbocycles. The third kappa shape index (κ3) is 2.82. The maximum atomic E-state index is 13.6. The van der Waals surface area contributed by atoms with E-state index in [2.05, 4.69) is 9.97 Å². The quantitative estimate of drug-likeness (QED) is 0.927. The first kappa shape index (κ1) is 13.7. The van der Waals surface area contributed by atoms with E-state index in [1.807, 2.05) is 6.92 Å². The van der Waals surface area contributed by atoms with Gasteiger partial charge in [-0.1, -0.05) is 0 Å². The second kappa shape index (κ2) is 5.52. The predicted octanol–water partition coefficient (Wildman–Crippen LogP) is 2.06. The molecular formula is C13H12FN3O3. The normalized spacial score (nSPS) is 10.2. The summed E-state index contributed by atoms with van der Waals surface area (Å²) < 4.78 is 23.5. The Morgan fingerprint density at radius 3 is 2.50 bits per heavy atom. The molecule has 0 aliphatic rings. The number of hydrogen-bond acceptors (Lipinski definition) is 5. The topological polar surface area (TPSA) is 87.3 Å². The van der Waals surface area contributed by atoms with E-state index in [0.29, 0.717) is 0 Å². The number of nitrogens with two attached hydrogens (primary N) is 1. The van der Waals surface area contributed by atoms with Gasteiger partial charge < -0.3 is 15.2 Å². The smallest absolute Gasteiger partial charge is 0.410 e. The molecule has 0 fully saturated rings. The summed E-state index contributed by atoms with van der Waals surface area (Å²) in [6.45, 7) is 1.83. The Hall–Kier alpha value is -2.70. The van der Waals surface area contributed by atoms with Crippen molar-refractivity contribution >= 4 is 6.09 Å². The van der Waals surface area contributed by atoms with Crippen molar-refractivity contribution in [3.8, 4) is 22.9 Å². The van der Waals surface area contributed by atoms with Gasteiger partial charge in [-0.05, 0) is 18.6 Å². The maximum absolute atomic E-state index is 13.6. The molecule has 1 heterocycles. The summed E-state index contributed by atoms with van der Waals surface area (Å²) in [5.74, 6) is -0.365. The third-order valence-corrected chi connectivity index (χ3v) is 2.46. The molecule has 0 unspecified atom stereocenters. The number of benzene rings is 1. The Kier molecular flexibility index (Phi) is 3.79. The first-order valence-corrected chi connectivity index (χ1v) is 5.65. The summed E-state index contributed by atoms with van der Waals surface area (Å²) in [6, 6.07) is 2.19. The van der Waals surface area contributed by atoms with Gasteiger partial charge in [-0.15, -0.1) is 0 Å². The standard InChI is InChI=1S/C13H12FN3O3/c1-7-5-16-12(17-6-7)9-3-8(14)4-10(11(9)19-2)20-13(15)18/h3-6H,1-2H3,(H2,15,18). The van der Waals surface area contributed by atoms with Crippen LogP contribution in [-0.2, 0) is 0 Å². The van der Waals surface area contributed by atoms with E-state index in [0.717, 1.165) is 11.6 Å². The van der Waals surface area contributed by atoms with Gasteiger partial charge in [-0.3, -0.25) is 0 Å². The van der Waals surface area contributed by atoms with Crippen LogP contribution in [0, 0.1) is 12.7 Å². The van der Waals surface area contributed by atoms with Crippen LogP contribution in [0.4, 0.5) is 9.18 Å². The zero-order valence-electron chi connectivity index (χ0n) is 10.9. The molecule has 0 bridgehead atoms. The van der Waals surface area contributed by atoms with Gasteiger partial charge in [-0.2, -0.15) is 0 Å². The van der Waals surface area contributed by atoms with Crippen molar-refractivity contribution < 1.29 is 18.7 Å². The molecule has 0 saturated carbocycles. The van der Waals surface area contributed by atoms with E-state index in [1.54, 1.807) is 12.4 Å². The molecule has 0 spiro atoms. The van der Waals surface area contributed by atoms with Gasteiger partial charge in [0.1, 0.15) is 5.82 Å². The molecule has 6 nitrogen and oxygen atoms in total. The second-order valence-corrected chi connectivity index (χ2v) is 3.99. The number of ether oxygens (including phenoxy) is 2. The van der Waals surface area contributed by atoms with E-state index in [1.165, 1.54) is 13.2 Å². The van der Waals surface area contributed by atoms with Crippen LogP contribution in [0.15, 0.2) is 24.5 Å². The van der Waals surface area contributed by atoms with E-state index in [9.17, 15) is 9.18 Å². The molecule has 0 radical (unpaired) electrons. The molecule has 7 heteroatoms. The molecule has 104 valence electrons. The molecule has 2 aromatic rings. The summed E-state index contributed by atoms with van der Waals surface area (Å²) in [5.41, 5.74) is 6.06. The van der Waals surface area contributed by atoms with Crippen LogP contribution >= 0.6 is 0 Å². The molecule has 2 N–H and O–H groups in total. The summed E-state index contributed by atoms with van der Waals surface area (Å²) in [4.78, 5) is 19.0. The van der Waals surface area contributed by atoms with Gasteiger partial charge in [-0.25, -0.2) is 19.2 Å². The van der Waals surface area contributed by atoms with Crippen molar-refractivity contribution in [3.05, 3.63) is 35.9 Å². The first-order chi connectivity index (χ1) is 9.51. The largest absolute Gasteiger partial charge is 0.492 e. The van der Waals surface area contributed by atoms with Crippen molar-refractivity contribution in [2.24, 2.45) is 5.73 Å². The molecule has 0 aliphatic heterocycles. The minimum absolute atomic E-state index is 0.126. The van der Waals surface area contributed by atoms with Crippen LogP contribution < -0.4 is 15.2 Å². The summed E-state index contributed by atoms with van der Waals surface area (Å²) in [7, 11) is 1.36. The highest BCUT2D eigenvalue weighted by atomic mass is 19.1. The fourth-order valence-corrected chi connectivity index (χ4v) is 1.66. The average Bonchev–Trinajstić information content (AvgIpc) is 2.38. The number of carbonyl (C=O) groups excluding carboxylic acids is 1. The number of hydrogen-bond donors (Lipinski definition) is 1. The van der Waals surface area contributed by atoms with Crippen molar-refractivity contribution in [2.75, 3.05) is 7.11 Å². The number of carbonyl (C=O) groups is 1. The summed E-state index contributed by atoms with van der Waals surface area (Å²) in [6.07, 6.45) is 2.10. The number of methoxy groups -OCH3 is 1. The number of aryl methyl sites for hydroxylation is 1. The molecule has 2 rings (SSSR count). The first-order valence-electron chi connectivity index (χ1n) is 5.65. The second-order valence-electron chi connectivity index (χ2n) is 3.99. The average molecular weight is 277 g/mol. The number of halogens is 1. The van der Waals surface area contributed by atoms with Gasteiger partial charge >= 0.3 is 6.09 Å². The van der Waals surface area contributed by atoms with E-state index in [4.69, 9.17) is 15.2 Å². The maximum Gasteiger partial charge on any atom is 0.410 e. The lowest BCUT2D eigenvalue weighted by Gasteiger charge is -2.12. The molecule has 1 amide bonds. The monoisotopic (exact) mass is 277 g/mol. The zero-order chi connectivity index (χ0) is 14.7. The van der Waals surface area contributed by atoms with Crippen LogP contribution in [0.3, 0.4) is 0 Å². The zero-order valence-corrected chi connectivity index (χ0v) is 10.9. The van der Waals surface area contributed by atoms with Crippen molar-refractivity contribution in [1.82, 2.24) is 9.97 Å². The summed E-state index contributed by atoms with van der Waals surface area (Å²) in [5, 5.41) is 0. The van der Waals surface area contributed by atoms with Crippen LogP contribution in [0.2, 0.25) is 0 Å². The van der Waals surface area contributed by atoms with Gasteiger partial charge in [0.2, 0.25) is 0 Å². The van der Waals surface area contributed by atoms with Gasteiger partial charge in [0.05, 0.1) is 12.7 Å². The number of aromatic nitrogens is 2. The van der Waals surface area contributed by atoms with Crippen LogP contribution in [0.5, 0.6) is 11.5 Å². The molecule has 0 atom stereocenters. The van der Waals surface area contributed by atoms with E-state index < -0.39 is 11.9 Å². The van der Waals surface area contributed by atoms with Crippen molar-refractivity contribution in [3.63, 3.8) is 0 Å². The molecule has 20 heavy (non-hydrogen) atoms. The number of primary amides is 1. The Balaban J connectivity index is 2.59. The van der Waals surface area contributed by atoms with Crippen LogP contribution in [-0.4, -0.2) is 23.2 Å². The highest BCUT2D eigenvalue weighted by Crippen LogP contribution is 2.37. The molecule has 1 aromatic carbocycles. The highest BCUT2D eigenvalue weighted by molar-refractivity contribution is 5.74. The lowest BCUT2D eigenvalue weighted by molar-refractivity contribution is 0.208.